The molecule has 0 saturated heterocycles. The van der Waals surface area contributed by atoms with Gasteiger partial charge in [0.25, 0.3) is 5.56 Å². The molecule has 0 amide bonds. The second-order valence-electron chi connectivity index (χ2n) is 7.22. The van der Waals surface area contributed by atoms with Crippen LogP contribution in [0.5, 0.6) is 0 Å². The first kappa shape index (κ1) is 21.5. The van der Waals surface area contributed by atoms with Crippen molar-refractivity contribution in [2.24, 2.45) is 4.99 Å². The van der Waals surface area contributed by atoms with Gasteiger partial charge in [-0.3, -0.25) is 9.36 Å². The summed E-state index contributed by atoms with van der Waals surface area (Å²) in [6.07, 6.45) is 1.86. The Bertz CT molecular complexity index is 1370. The number of carbonyl (C=O) groups excluding carboxylic acids is 1. The van der Waals surface area contributed by atoms with E-state index in [2.05, 4.69) is 20.9 Å². The number of aromatic nitrogens is 1. The highest BCUT2D eigenvalue weighted by Gasteiger charge is 2.33. The lowest BCUT2D eigenvalue weighted by molar-refractivity contribution is -0.139. The predicted molar refractivity (Wildman–Crippen MR) is 126 cm³/mol. The molecule has 0 aliphatic carbocycles. The molecule has 158 valence electrons. The molecule has 0 bridgehead atoms. The van der Waals surface area contributed by atoms with Gasteiger partial charge in [0.2, 0.25) is 0 Å². The first-order valence-electron chi connectivity index (χ1n) is 9.91. The van der Waals surface area contributed by atoms with Crippen molar-refractivity contribution in [1.29, 1.82) is 0 Å². The van der Waals surface area contributed by atoms with Crippen LogP contribution in [0.15, 0.2) is 74.1 Å². The molecule has 0 radical (unpaired) electrons. The Morgan fingerprint density at radius 1 is 1.23 bits per heavy atom. The zero-order valence-electron chi connectivity index (χ0n) is 17.4. The minimum atomic E-state index is -0.580. The fraction of sp³-hybridized carbons (Fsp3) is 0.208. The molecule has 31 heavy (non-hydrogen) atoms. The normalized spacial score (nSPS) is 16.1. The fourth-order valence-corrected chi connectivity index (χ4v) is 5.04. The summed E-state index contributed by atoms with van der Waals surface area (Å²) in [7, 11) is 0. The molecule has 2 heterocycles. The number of nitrogens with zero attached hydrogens (tertiary/aromatic N) is 2. The number of carbonyl (C=O) groups is 1. The van der Waals surface area contributed by atoms with Crippen molar-refractivity contribution in [3.63, 3.8) is 0 Å². The number of allylic oxidation sites excluding steroid dienone is 1. The molecule has 4 rings (SSSR count). The van der Waals surface area contributed by atoms with Gasteiger partial charge in [-0.15, -0.1) is 0 Å². The van der Waals surface area contributed by atoms with Crippen molar-refractivity contribution in [3.8, 4) is 0 Å². The van der Waals surface area contributed by atoms with Gasteiger partial charge in [0, 0.05) is 4.47 Å². The molecule has 5 nitrogen and oxygen atoms in total. The fourth-order valence-electron chi connectivity index (χ4n) is 3.59. The van der Waals surface area contributed by atoms with Crippen molar-refractivity contribution in [3.05, 3.63) is 101 Å². The summed E-state index contributed by atoms with van der Waals surface area (Å²) in [4.78, 5) is 31.5. The van der Waals surface area contributed by atoms with Crippen LogP contribution >= 0.6 is 27.3 Å². The maximum Gasteiger partial charge on any atom is 0.338 e. The van der Waals surface area contributed by atoms with Crippen LogP contribution in [0.1, 0.15) is 36.6 Å². The lowest BCUT2D eigenvalue weighted by Crippen LogP contribution is -2.39. The zero-order chi connectivity index (χ0) is 22.1. The lowest BCUT2D eigenvalue weighted by atomic mass is 9.96. The number of hydrogen-bond donors (Lipinski definition) is 0. The van der Waals surface area contributed by atoms with E-state index in [1.54, 1.807) is 18.4 Å². The van der Waals surface area contributed by atoms with Gasteiger partial charge >= 0.3 is 5.97 Å². The van der Waals surface area contributed by atoms with Crippen molar-refractivity contribution < 1.29 is 9.53 Å². The molecule has 0 spiro atoms. The first-order valence-corrected chi connectivity index (χ1v) is 11.5. The molecule has 0 N–H and O–H groups in total. The topological polar surface area (TPSA) is 60.7 Å². The average molecular weight is 497 g/mol. The molecule has 0 unspecified atom stereocenters. The summed E-state index contributed by atoms with van der Waals surface area (Å²) in [5, 5.41) is 0. The average Bonchev–Trinajstić information content (AvgIpc) is 3.05. The lowest BCUT2D eigenvalue weighted by Gasteiger charge is -2.24. The monoisotopic (exact) mass is 496 g/mol. The number of ether oxygens (including phenoxy) is 1. The van der Waals surface area contributed by atoms with Gasteiger partial charge in [0.1, 0.15) is 0 Å². The highest BCUT2D eigenvalue weighted by molar-refractivity contribution is 9.10. The largest absolute Gasteiger partial charge is 0.463 e. The Hall–Kier alpha value is -2.77. The van der Waals surface area contributed by atoms with Crippen molar-refractivity contribution in [2.75, 3.05) is 6.61 Å². The summed E-state index contributed by atoms with van der Waals surface area (Å²) in [6.45, 7) is 5.82. The number of rotatable bonds is 4. The Labute approximate surface area is 192 Å². The second kappa shape index (κ2) is 8.77. The number of fused-ring (bicyclic) bond motifs is 1. The van der Waals surface area contributed by atoms with E-state index in [1.807, 2.05) is 61.5 Å². The van der Waals surface area contributed by atoms with Gasteiger partial charge in [-0.05, 0) is 49.6 Å². The van der Waals surface area contributed by atoms with Crippen LogP contribution in [0.4, 0.5) is 0 Å². The molecule has 7 heteroatoms. The van der Waals surface area contributed by atoms with Gasteiger partial charge in [0.15, 0.2) is 4.80 Å². The summed E-state index contributed by atoms with van der Waals surface area (Å²) in [5.41, 5.74) is 3.66. The molecule has 1 aromatic heterocycles. The third-order valence-electron chi connectivity index (χ3n) is 5.13. The smallest absolute Gasteiger partial charge is 0.338 e. The van der Waals surface area contributed by atoms with E-state index in [1.165, 1.54) is 11.3 Å². The molecular formula is C24H21BrN2O3S. The van der Waals surface area contributed by atoms with Crippen LogP contribution in [0.2, 0.25) is 0 Å². The van der Waals surface area contributed by atoms with Gasteiger partial charge in [-0.1, -0.05) is 69.7 Å². The first-order chi connectivity index (χ1) is 14.9. The van der Waals surface area contributed by atoms with E-state index < -0.39 is 12.0 Å². The summed E-state index contributed by atoms with van der Waals surface area (Å²) < 4.78 is 8.46. The maximum absolute atomic E-state index is 13.5. The number of hydrogen-bond acceptors (Lipinski definition) is 5. The van der Waals surface area contributed by atoms with E-state index in [-0.39, 0.29) is 12.2 Å². The number of benzene rings is 2. The van der Waals surface area contributed by atoms with Crippen LogP contribution in [0.25, 0.3) is 6.08 Å². The van der Waals surface area contributed by atoms with Gasteiger partial charge in [0.05, 0.1) is 28.5 Å². The van der Waals surface area contributed by atoms with Gasteiger partial charge < -0.3 is 4.74 Å². The Balaban J connectivity index is 1.95. The second-order valence-corrected chi connectivity index (χ2v) is 9.09. The highest BCUT2D eigenvalue weighted by atomic mass is 79.9. The summed E-state index contributed by atoms with van der Waals surface area (Å²) in [5.74, 6) is -0.450. The van der Waals surface area contributed by atoms with Crippen LogP contribution < -0.4 is 14.9 Å². The third-order valence-corrected chi connectivity index (χ3v) is 6.96. The van der Waals surface area contributed by atoms with Crippen molar-refractivity contribution in [2.45, 2.75) is 26.8 Å². The minimum absolute atomic E-state index is 0.177. The highest BCUT2D eigenvalue weighted by Crippen LogP contribution is 2.30. The summed E-state index contributed by atoms with van der Waals surface area (Å²) >= 11 is 4.87. The van der Waals surface area contributed by atoms with Crippen molar-refractivity contribution >= 4 is 39.3 Å². The third kappa shape index (κ3) is 4.07. The molecule has 1 atom stereocenters. The number of aryl methyl sites for hydroxylation is 1. The van der Waals surface area contributed by atoms with Crippen LogP contribution in [-0.2, 0) is 9.53 Å². The summed E-state index contributed by atoms with van der Waals surface area (Å²) in [6, 6.07) is 14.9. The maximum atomic E-state index is 13.5. The number of esters is 1. The molecule has 1 aliphatic heterocycles. The van der Waals surface area contributed by atoms with Crippen LogP contribution in [-0.4, -0.2) is 17.1 Å². The van der Waals surface area contributed by atoms with Crippen molar-refractivity contribution in [1.82, 2.24) is 4.57 Å². The number of halogens is 1. The predicted octanol–water partition coefficient (Wildman–Crippen LogP) is 3.87. The van der Waals surface area contributed by atoms with E-state index in [9.17, 15) is 9.59 Å². The van der Waals surface area contributed by atoms with Gasteiger partial charge in [-0.2, -0.15) is 0 Å². The quantitative estimate of drug-likeness (QED) is 0.515. The Morgan fingerprint density at radius 3 is 2.65 bits per heavy atom. The van der Waals surface area contributed by atoms with Gasteiger partial charge in [-0.25, -0.2) is 9.79 Å². The minimum Gasteiger partial charge on any atom is -0.463 e. The zero-order valence-corrected chi connectivity index (χ0v) is 19.8. The van der Waals surface area contributed by atoms with E-state index in [0.717, 1.165) is 21.2 Å². The van der Waals surface area contributed by atoms with E-state index in [0.29, 0.717) is 20.6 Å². The Kier molecular flexibility index (Phi) is 6.07. The van der Waals surface area contributed by atoms with Crippen LogP contribution in [0, 0.1) is 6.92 Å². The standard InChI is InChI=1S/C24H21BrN2O3S/c1-4-30-23(29)20-15(3)26-24-27(21(20)17-8-6-5-7-9-17)22(28)19(31-24)13-16-11-10-14(2)18(25)12-16/h5-13,21H,4H2,1-3H3/b19-13-/t21-/m1/s1. The Morgan fingerprint density at radius 2 is 1.97 bits per heavy atom. The molecule has 2 aromatic carbocycles. The number of thiazole rings is 1. The SMILES string of the molecule is CCOC(=O)C1=C(C)N=c2s/c(=C\c3ccc(C)c(Br)c3)c(=O)n2[C@@H]1c1ccccc1. The van der Waals surface area contributed by atoms with Crippen LogP contribution in [0.3, 0.4) is 0 Å². The van der Waals surface area contributed by atoms with E-state index in [4.69, 9.17) is 4.74 Å². The molecule has 1 aliphatic rings. The van der Waals surface area contributed by atoms with E-state index >= 15 is 0 Å². The molecule has 0 fully saturated rings. The molecular weight excluding hydrogens is 476 g/mol. The molecule has 0 saturated carbocycles. The molecule has 3 aromatic rings.